The van der Waals surface area contributed by atoms with Crippen LogP contribution >= 0.6 is 0 Å². The highest BCUT2D eigenvalue weighted by Gasteiger charge is 2.20. The molecule has 1 aliphatic rings. The van der Waals surface area contributed by atoms with Gasteiger partial charge in [-0.1, -0.05) is 48.5 Å². The van der Waals surface area contributed by atoms with Crippen LogP contribution in [0, 0.1) is 6.92 Å². The first-order valence-corrected chi connectivity index (χ1v) is 10.9. The number of aldehydes is 1. The molecular weight excluding hydrogens is 402 g/mol. The van der Waals surface area contributed by atoms with Crippen molar-refractivity contribution in [1.82, 2.24) is 15.2 Å². The van der Waals surface area contributed by atoms with Gasteiger partial charge < -0.3 is 10.1 Å². The van der Waals surface area contributed by atoms with E-state index in [-0.39, 0.29) is 5.91 Å². The minimum Gasteiger partial charge on any atom is -0.379 e. The van der Waals surface area contributed by atoms with Crippen molar-refractivity contribution in [3.63, 3.8) is 0 Å². The smallest absolute Gasteiger partial charge is 0.253 e. The topological polar surface area (TPSA) is 71.5 Å². The van der Waals surface area contributed by atoms with E-state index in [1.165, 1.54) is 0 Å². The first-order chi connectivity index (χ1) is 15.7. The van der Waals surface area contributed by atoms with Crippen LogP contribution in [0.5, 0.6) is 0 Å². The standard InChI is InChI=1S/C26H27N3O3/c1-19-25(26(31)27-10-11-29-12-14-32-15-13-29)23(22-9-5-6-20(16-22)18-30)17-24(28-19)21-7-3-2-4-8-21/h2-9,16-18H,10-15H2,1H3,(H,27,31). The second-order valence-electron chi connectivity index (χ2n) is 7.83. The molecule has 1 N–H and O–H groups in total. The van der Waals surface area contributed by atoms with Gasteiger partial charge in [0.15, 0.2) is 0 Å². The molecule has 0 aliphatic carbocycles. The van der Waals surface area contributed by atoms with Gasteiger partial charge in [0.05, 0.1) is 30.2 Å². The zero-order valence-corrected chi connectivity index (χ0v) is 18.2. The van der Waals surface area contributed by atoms with Crippen LogP contribution in [0.4, 0.5) is 0 Å². The molecule has 1 saturated heterocycles. The molecule has 3 aromatic rings. The number of carbonyl (C=O) groups excluding carboxylic acids is 2. The highest BCUT2D eigenvalue weighted by atomic mass is 16.5. The first kappa shape index (κ1) is 21.9. The van der Waals surface area contributed by atoms with E-state index in [0.717, 1.165) is 61.5 Å². The Morgan fingerprint density at radius 1 is 1.06 bits per heavy atom. The molecular formula is C26H27N3O3. The van der Waals surface area contributed by atoms with Crippen LogP contribution in [0.2, 0.25) is 0 Å². The minimum absolute atomic E-state index is 0.158. The number of nitrogens with one attached hydrogen (secondary N) is 1. The number of hydrogen-bond acceptors (Lipinski definition) is 5. The monoisotopic (exact) mass is 429 g/mol. The number of amides is 1. The summed E-state index contributed by atoms with van der Waals surface area (Å²) in [6.07, 6.45) is 0.817. The van der Waals surface area contributed by atoms with E-state index in [0.29, 0.717) is 23.4 Å². The van der Waals surface area contributed by atoms with Crippen LogP contribution < -0.4 is 5.32 Å². The van der Waals surface area contributed by atoms with Crippen molar-refractivity contribution in [2.75, 3.05) is 39.4 Å². The van der Waals surface area contributed by atoms with E-state index in [9.17, 15) is 9.59 Å². The van der Waals surface area contributed by atoms with Gasteiger partial charge in [-0.05, 0) is 30.2 Å². The Labute approximate surface area is 188 Å². The van der Waals surface area contributed by atoms with Crippen LogP contribution in [0.25, 0.3) is 22.4 Å². The Kier molecular flexibility index (Phi) is 7.04. The van der Waals surface area contributed by atoms with Gasteiger partial charge in [-0.15, -0.1) is 0 Å². The largest absolute Gasteiger partial charge is 0.379 e. The summed E-state index contributed by atoms with van der Waals surface area (Å²) in [7, 11) is 0. The lowest BCUT2D eigenvalue weighted by molar-refractivity contribution is 0.0383. The van der Waals surface area contributed by atoms with Crippen molar-refractivity contribution in [2.45, 2.75) is 6.92 Å². The van der Waals surface area contributed by atoms with Crippen molar-refractivity contribution in [2.24, 2.45) is 0 Å². The summed E-state index contributed by atoms with van der Waals surface area (Å²) in [4.78, 5) is 31.6. The molecule has 1 amide bonds. The number of nitrogens with zero attached hydrogens (tertiary/aromatic N) is 2. The number of aromatic nitrogens is 1. The van der Waals surface area contributed by atoms with Crippen LogP contribution in [0.15, 0.2) is 60.7 Å². The molecule has 0 saturated carbocycles. The van der Waals surface area contributed by atoms with E-state index in [2.05, 4.69) is 10.2 Å². The summed E-state index contributed by atoms with van der Waals surface area (Å²) >= 11 is 0. The molecule has 32 heavy (non-hydrogen) atoms. The van der Waals surface area contributed by atoms with Gasteiger partial charge in [-0.2, -0.15) is 0 Å². The molecule has 0 bridgehead atoms. The number of rotatable bonds is 7. The first-order valence-electron chi connectivity index (χ1n) is 10.9. The minimum atomic E-state index is -0.158. The zero-order valence-electron chi connectivity index (χ0n) is 18.2. The summed E-state index contributed by atoms with van der Waals surface area (Å²) in [5.41, 5.74) is 5.11. The molecule has 1 fully saturated rings. The fraction of sp³-hybridized carbons (Fsp3) is 0.269. The second kappa shape index (κ2) is 10.3. The van der Waals surface area contributed by atoms with Crippen molar-refractivity contribution < 1.29 is 14.3 Å². The third kappa shape index (κ3) is 5.10. The Morgan fingerprint density at radius 2 is 1.81 bits per heavy atom. The van der Waals surface area contributed by atoms with Crippen LogP contribution in [0.1, 0.15) is 26.4 Å². The van der Waals surface area contributed by atoms with Gasteiger partial charge in [-0.3, -0.25) is 19.5 Å². The molecule has 2 aromatic carbocycles. The predicted octanol–water partition coefficient (Wildman–Crippen LogP) is 3.60. The fourth-order valence-electron chi connectivity index (χ4n) is 3.96. The molecule has 0 spiro atoms. The maximum atomic E-state index is 13.2. The Balaban J connectivity index is 1.66. The quantitative estimate of drug-likeness (QED) is 0.581. The number of pyridine rings is 1. The molecule has 0 radical (unpaired) electrons. The number of carbonyl (C=O) groups is 2. The van der Waals surface area contributed by atoms with Crippen LogP contribution in [0.3, 0.4) is 0 Å². The molecule has 164 valence electrons. The number of morpholine rings is 1. The number of hydrogen-bond donors (Lipinski definition) is 1. The lowest BCUT2D eigenvalue weighted by Gasteiger charge is -2.26. The molecule has 2 heterocycles. The van der Waals surface area contributed by atoms with Crippen molar-refractivity contribution in [3.05, 3.63) is 77.5 Å². The summed E-state index contributed by atoms with van der Waals surface area (Å²) in [5.74, 6) is -0.158. The molecule has 1 aromatic heterocycles. The molecule has 4 rings (SSSR count). The van der Waals surface area contributed by atoms with Gasteiger partial charge in [0, 0.05) is 37.3 Å². The van der Waals surface area contributed by atoms with Crippen molar-refractivity contribution in [1.29, 1.82) is 0 Å². The average molecular weight is 430 g/mol. The molecule has 6 heteroatoms. The molecule has 6 nitrogen and oxygen atoms in total. The van der Waals surface area contributed by atoms with Crippen LogP contribution in [-0.2, 0) is 4.74 Å². The SMILES string of the molecule is Cc1nc(-c2ccccc2)cc(-c2cccc(C=O)c2)c1C(=O)NCCN1CCOCC1. The third-order valence-corrected chi connectivity index (χ3v) is 5.65. The van der Waals surface area contributed by atoms with Gasteiger partial charge >= 0.3 is 0 Å². The van der Waals surface area contributed by atoms with E-state index in [4.69, 9.17) is 9.72 Å². The summed E-state index contributed by atoms with van der Waals surface area (Å²) in [5, 5.41) is 3.05. The maximum Gasteiger partial charge on any atom is 0.253 e. The lowest BCUT2D eigenvalue weighted by Crippen LogP contribution is -2.41. The van der Waals surface area contributed by atoms with Gasteiger partial charge in [-0.25, -0.2) is 0 Å². The summed E-state index contributed by atoms with van der Waals surface area (Å²) in [6, 6.07) is 19.1. The summed E-state index contributed by atoms with van der Waals surface area (Å²) in [6.45, 7) is 6.41. The molecule has 0 unspecified atom stereocenters. The van der Waals surface area contributed by atoms with E-state index < -0.39 is 0 Å². The number of ether oxygens (including phenoxy) is 1. The average Bonchev–Trinajstić information content (AvgIpc) is 2.84. The molecule has 0 atom stereocenters. The van der Waals surface area contributed by atoms with Crippen molar-refractivity contribution >= 4 is 12.2 Å². The number of benzene rings is 2. The second-order valence-corrected chi connectivity index (χ2v) is 7.83. The zero-order chi connectivity index (χ0) is 22.3. The van der Waals surface area contributed by atoms with Gasteiger partial charge in [0.1, 0.15) is 6.29 Å². The fourth-order valence-corrected chi connectivity index (χ4v) is 3.96. The summed E-state index contributed by atoms with van der Waals surface area (Å²) < 4.78 is 5.38. The Hall–Kier alpha value is -3.35. The normalized spacial score (nSPS) is 14.2. The lowest BCUT2D eigenvalue weighted by atomic mass is 9.95. The van der Waals surface area contributed by atoms with Gasteiger partial charge in [0.2, 0.25) is 0 Å². The predicted molar refractivity (Wildman–Crippen MR) is 125 cm³/mol. The highest BCUT2D eigenvalue weighted by Crippen LogP contribution is 2.30. The Morgan fingerprint density at radius 3 is 2.56 bits per heavy atom. The van der Waals surface area contributed by atoms with Crippen LogP contribution in [-0.4, -0.2) is 61.5 Å². The highest BCUT2D eigenvalue weighted by molar-refractivity contribution is 6.02. The van der Waals surface area contributed by atoms with E-state index >= 15 is 0 Å². The molecule has 1 aliphatic heterocycles. The van der Waals surface area contributed by atoms with E-state index in [1.54, 1.807) is 12.1 Å². The van der Waals surface area contributed by atoms with E-state index in [1.807, 2.05) is 55.5 Å². The van der Waals surface area contributed by atoms with Crippen molar-refractivity contribution in [3.8, 4) is 22.4 Å². The third-order valence-electron chi connectivity index (χ3n) is 5.65. The Bertz CT molecular complexity index is 1090. The maximum absolute atomic E-state index is 13.2. The van der Waals surface area contributed by atoms with Gasteiger partial charge in [0.25, 0.3) is 5.91 Å². The number of aryl methyl sites for hydroxylation is 1.